The van der Waals surface area contributed by atoms with Crippen molar-refractivity contribution >= 4 is 27.8 Å². The summed E-state index contributed by atoms with van der Waals surface area (Å²) in [4.78, 5) is 13.1. The van der Waals surface area contributed by atoms with Crippen molar-refractivity contribution in [1.82, 2.24) is 19.5 Å². The molecule has 0 aliphatic heterocycles. The van der Waals surface area contributed by atoms with Crippen LogP contribution in [0.3, 0.4) is 0 Å². The van der Waals surface area contributed by atoms with E-state index in [4.69, 9.17) is 5.73 Å². The van der Waals surface area contributed by atoms with E-state index in [9.17, 15) is 15.3 Å². The van der Waals surface area contributed by atoms with Crippen LogP contribution in [0.1, 0.15) is 25.2 Å². The number of nitrogen functional groups attached to an aromatic ring is 1. The Kier molecular flexibility index (Phi) is 4.70. The van der Waals surface area contributed by atoms with Crippen LogP contribution < -0.4 is 5.73 Å². The Morgan fingerprint density at radius 1 is 1.03 bits per heavy atom. The maximum Gasteiger partial charge on any atom is 0.152 e. The summed E-state index contributed by atoms with van der Waals surface area (Å²) in [7, 11) is 0. The van der Waals surface area contributed by atoms with Crippen LogP contribution >= 0.6 is 0 Å². The van der Waals surface area contributed by atoms with Gasteiger partial charge in [0.1, 0.15) is 17.9 Å². The fourth-order valence-electron chi connectivity index (χ4n) is 3.55. The largest absolute Gasteiger partial charge is 0.392 e. The first-order valence-electron chi connectivity index (χ1n) is 9.27. The minimum absolute atomic E-state index is 0.0830. The van der Waals surface area contributed by atoms with Gasteiger partial charge in [0.05, 0.1) is 29.8 Å². The van der Waals surface area contributed by atoms with Crippen molar-refractivity contribution in [3.8, 4) is 11.1 Å². The number of benzene rings is 1. The summed E-state index contributed by atoms with van der Waals surface area (Å²) in [6.45, 7) is 3.30. The Bertz CT molecular complexity index is 1210. The molecule has 8 heteroatoms. The van der Waals surface area contributed by atoms with Gasteiger partial charge in [-0.25, -0.2) is 9.97 Å². The molecule has 0 saturated heterocycles. The third-order valence-electron chi connectivity index (χ3n) is 4.78. The monoisotopic (exact) mass is 393 g/mol. The van der Waals surface area contributed by atoms with E-state index < -0.39 is 5.60 Å². The zero-order chi connectivity index (χ0) is 20.8. The number of aliphatic hydroxyl groups is 3. The highest BCUT2D eigenvalue weighted by Gasteiger charge is 2.22. The van der Waals surface area contributed by atoms with Crippen molar-refractivity contribution in [1.29, 1.82) is 0 Å². The van der Waals surface area contributed by atoms with Crippen molar-refractivity contribution in [3.05, 3.63) is 48.0 Å². The summed E-state index contributed by atoms with van der Waals surface area (Å²) in [6.07, 6.45) is 3.35. The third-order valence-corrected chi connectivity index (χ3v) is 4.78. The Hall–Kier alpha value is -3.07. The first kappa shape index (κ1) is 19.3. The molecule has 0 saturated carbocycles. The molecule has 29 heavy (non-hydrogen) atoms. The average Bonchev–Trinajstić information content (AvgIpc) is 3.05. The van der Waals surface area contributed by atoms with Gasteiger partial charge in [-0.2, -0.15) is 0 Å². The second kappa shape index (κ2) is 7.07. The number of hydrogen-bond acceptors (Lipinski definition) is 7. The van der Waals surface area contributed by atoms with Crippen LogP contribution in [0.25, 0.3) is 33.1 Å². The SMILES string of the molecule is CC(C)(O)Cn1c(CO)nc2c(N)nc3cc(-c4cncc(CO)c4)ccc3c21. The van der Waals surface area contributed by atoms with Crippen LogP contribution in [-0.2, 0) is 19.8 Å². The van der Waals surface area contributed by atoms with E-state index in [1.807, 2.05) is 24.3 Å². The van der Waals surface area contributed by atoms with E-state index in [1.165, 1.54) is 0 Å². The van der Waals surface area contributed by atoms with E-state index in [0.29, 0.717) is 16.9 Å². The number of rotatable bonds is 5. The fraction of sp³-hybridized carbons (Fsp3) is 0.286. The number of nitrogens with two attached hydrogens (primary N) is 1. The summed E-state index contributed by atoms with van der Waals surface area (Å²) in [5, 5.41) is 30.3. The lowest BCUT2D eigenvalue weighted by atomic mass is 10.0. The molecule has 0 bridgehead atoms. The Morgan fingerprint density at radius 2 is 1.83 bits per heavy atom. The molecule has 0 aliphatic rings. The van der Waals surface area contributed by atoms with Gasteiger partial charge in [-0.05, 0) is 37.1 Å². The van der Waals surface area contributed by atoms with E-state index >= 15 is 0 Å². The van der Waals surface area contributed by atoms with E-state index in [0.717, 1.165) is 27.6 Å². The molecule has 4 rings (SSSR count). The molecule has 5 N–H and O–H groups in total. The lowest BCUT2D eigenvalue weighted by Gasteiger charge is -2.20. The minimum atomic E-state index is -1.00. The van der Waals surface area contributed by atoms with E-state index in [1.54, 1.807) is 30.8 Å². The molecule has 4 aromatic rings. The summed E-state index contributed by atoms with van der Waals surface area (Å²) in [6, 6.07) is 7.65. The van der Waals surface area contributed by atoms with Gasteiger partial charge >= 0.3 is 0 Å². The number of aliphatic hydroxyl groups excluding tert-OH is 2. The molecule has 150 valence electrons. The van der Waals surface area contributed by atoms with Crippen molar-refractivity contribution in [2.24, 2.45) is 0 Å². The quantitative estimate of drug-likeness (QED) is 0.408. The van der Waals surface area contributed by atoms with Crippen LogP contribution in [0.5, 0.6) is 0 Å². The van der Waals surface area contributed by atoms with Crippen LogP contribution in [0, 0.1) is 0 Å². The van der Waals surface area contributed by atoms with Gasteiger partial charge in [-0.1, -0.05) is 12.1 Å². The van der Waals surface area contributed by atoms with Gasteiger partial charge in [0, 0.05) is 23.3 Å². The number of fused-ring (bicyclic) bond motifs is 3. The molecule has 3 aromatic heterocycles. The maximum absolute atomic E-state index is 10.3. The predicted octanol–water partition coefficient (Wildman–Crippen LogP) is 1.98. The van der Waals surface area contributed by atoms with E-state index in [-0.39, 0.29) is 25.6 Å². The molecule has 0 fully saturated rings. The standard InChI is InChI=1S/C21H23N5O3/c1-21(2,29)11-26-17(10-28)25-18-19(26)15-4-3-13(6-16(15)24-20(18)22)14-5-12(9-27)7-23-8-14/h3-8,27-29H,9-11H2,1-2H3,(H2,22,24). The van der Waals surface area contributed by atoms with Gasteiger partial charge in [-0.3, -0.25) is 4.98 Å². The second-order valence-corrected chi connectivity index (χ2v) is 7.75. The highest BCUT2D eigenvalue weighted by Crippen LogP contribution is 2.32. The first-order valence-corrected chi connectivity index (χ1v) is 9.27. The van der Waals surface area contributed by atoms with Crippen molar-refractivity contribution < 1.29 is 15.3 Å². The topological polar surface area (TPSA) is 130 Å². The fourth-order valence-corrected chi connectivity index (χ4v) is 3.55. The lowest BCUT2D eigenvalue weighted by Crippen LogP contribution is -2.27. The normalized spacial score (nSPS) is 12.2. The maximum atomic E-state index is 10.3. The lowest BCUT2D eigenvalue weighted by molar-refractivity contribution is 0.0607. The Balaban J connectivity index is 1.97. The second-order valence-electron chi connectivity index (χ2n) is 7.75. The molecule has 0 amide bonds. The number of aromatic nitrogens is 4. The molecule has 0 unspecified atom stereocenters. The molecule has 3 heterocycles. The highest BCUT2D eigenvalue weighted by atomic mass is 16.3. The summed E-state index contributed by atoms with van der Waals surface area (Å²) < 4.78 is 1.79. The summed E-state index contributed by atoms with van der Waals surface area (Å²) >= 11 is 0. The van der Waals surface area contributed by atoms with Crippen molar-refractivity contribution in [2.75, 3.05) is 5.73 Å². The molecule has 8 nitrogen and oxygen atoms in total. The number of anilines is 1. The van der Waals surface area contributed by atoms with Crippen LogP contribution in [0.15, 0.2) is 36.7 Å². The van der Waals surface area contributed by atoms with Gasteiger partial charge < -0.3 is 25.6 Å². The van der Waals surface area contributed by atoms with Gasteiger partial charge in [0.25, 0.3) is 0 Å². The Morgan fingerprint density at radius 3 is 2.52 bits per heavy atom. The number of imidazole rings is 1. The van der Waals surface area contributed by atoms with Crippen molar-refractivity contribution in [2.45, 2.75) is 39.2 Å². The van der Waals surface area contributed by atoms with Crippen LogP contribution in [0.4, 0.5) is 5.82 Å². The summed E-state index contributed by atoms with van der Waals surface area (Å²) in [5.74, 6) is 0.683. The molecule has 0 aliphatic carbocycles. The molecule has 0 radical (unpaired) electrons. The molecule has 1 aromatic carbocycles. The minimum Gasteiger partial charge on any atom is -0.392 e. The third kappa shape index (κ3) is 3.53. The number of hydrogen-bond donors (Lipinski definition) is 4. The number of nitrogens with zero attached hydrogens (tertiary/aromatic N) is 4. The zero-order valence-corrected chi connectivity index (χ0v) is 16.3. The first-order chi connectivity index (χ1) is 13.8. The molecule has 0 atom stereocenters. The number of pyridine rings is 2. The van der Waals surface area contributed by atoms with Crippen LogP contribution in [0.2, 0.25) is 0 Å². The van der Waals surface area contributed by atoms with Gasteiger partial charge in [-0.15, -0.1) is 0 Å². The average molecular weight is 393 g/mol. The predicted molar refractivity (Wildman–Crippen MR) is 111 cm³/mol. The van der Waals surface area contributed by atoms with Gasteiger partial charge in [0.2, 0.25) is 0 Å². The Labute approximate surface area is 167 Å². The molecular weight excluding hydrogens is 370 g/mol. The van der Waals surface area contributed by atoms with Crippen LogP contribution in [-0.4, -0.2) is 40.4 Å². The molecular formula is C21H23N5O3. The zero-order valence-electron chi connectivity index (χ0n) is 16.3. The highest BCUT2D eigenvalue weighted by molar-refractivity contribution is 6.07. The van der Waals surface area contributed by atoms with Gasteiger partial charge in [0.15, 0.2) is 5.82 Å². The smallest absolute Gasteiger partial charge is 0.152 e. The van der Waals surface area contributed by atoms with Crippen molar-refractivity contribution in [3.63, 3.8) is 0 Å². The summed E-state index contributed by atoms with van der Waals surface area (Å²) in [5.41, 5.74) is 9.56. The molecule has 0 spiro atoms. The van der Waals surface area contributed by atoms with E-state index in [2.05, 4.69) is 15.0 Å².